The van der Waals surface area contributed by atoms with Crippen molar-refractivity contribution in [3.63, 3.8) is 0 Å². The van der Waals surface area contributed by atoms with Gasteiger partial charge in [0.05, 0.1) is 5.60 Å². The van der Waals surface area contributed by atoms with Gasteiger partial charge in [0.1, 0.15) is 5.82 Å². The second kappa shape index (κ2) is 6.10. The summed E-state index contributed by atoms with van der Waals surface area (Å²) in [5, 5.41) is 13.4. The van der Waals surface area contributed by atoms with E-state index >= 15 is 0 Å². The first-order valence-corrected chi connectivity index (χ1v) is 7.54. The number of aryl methyl sites for hydroxylation is 1. The highest BCUT2D eigenvalue weighted by Crippen LogP contribution is 2.26. The van der Waals surface area contributed by atoms with Crippen LogP contribution >= 0.6 is 0 Å². The van der Waals surface area contributed by atoms with Gasteiger partial charge >= 0.3 is 0 Å². The van der Waals surface area contributed by atoms with E-state index in [1.807, 2.05) is 13.1 Å². The van der Waals surface area contributed by atoms with Gasteiger partial charge < -0.3 is 15.3 Å². The zero-order chi connectivity index (χ0) is 14.8. The van der Waals surface area contributed by atoms with Crippen LogP contribution in [0.1, 0.15) is 44.7 Å². The zero-order valence-corrected chi connectivity index (χ0v) is 13.1. The van der Waals surface area contributed by atoms with Crippen molar-refractivity contribution in [1.82, 2.24) is 10.3 Å². The zero-order valence-electron chi connectivity index (χ0n) is 13.1. The molecule has 1 aromatic heterocycles. The second-order valence-corrected chi connectivity index (χ2v) is 6.50. The topological polar surface area (TPSA) is 48.4 Å². The minimum Gasteiger partial charge on any atom is -0.390 e. The second-order valence-electron chi connectivity index (χ2n) is 6.50. The third kappa shape index (κ3) is 3.93. The van der Waals surface area contributed by atoms with Crippen molar-refractivity contribution in [3.8, 4) is 0 Å². The summed E-state index contributed by atoms with van der Waals surface area (Å²) in [5.74, 6) is 1.06. The molecule has 2 N–H and O–H groups in total. The van der Waals surface area contributed by atoms with E-state index in [2.05, 4.69) is 42.0 Å². The summed E-state index contributed by atoms with van der Waals surface area (Å²) in [6, 6.07) is 2.70. The number of nitrogens with one attached hydrogen (secondary N) is 1. The Morgan fingerprint density at radius 2 is 2.05 bits per heavy atom. The molecule has 1 fully saturated rings. The standard InChI is InChI=1S/C16H27N3O/c1-12(2)17-10-14-9-13(3)15(18-11-14)19-7-5-16(4,20)6-8-19/h9,11-12,17,20H,5-8,10H2,1-4H3. The van der Waals surface area contributed by atoms with Gasteiger partial charge in [-0.05, 0) is 43.9 Å². The first-order chi connectivity index (χ1) is 9.37. The predicted octanol–water partition coefficient (Wildman–Crippen LogP) is 2.24. The highest BCUT2D eigenvalue weighted by atomic mass is 16.3. The Hall–Kier alpha value is -1.13. The van der Waals surface area contributed by atoms with Gasteiger partial charge in [-0.3, -0.25) is 0 Å². The van der Waals surface area contributed by atoms with Crippen LogP contribution in [0.5, 0.6) is 0 Å². The number of aliphatic hydroxyl groups is 1. The average Bonchev–Trinajstić information content (AvgIpc) is 2.37. The summed E-state index contributed by atoms with van der Waals surface area (Å²) in [6.45, 7) is 11.0. The molecule has 0 atom stereocenters. The quantitative estimate of drug-likeness (QED) is 0.886. The molecule has 0 bridgehead atoms. The number of pyridine rings is 1. The Kier molecular flexibility index (Phi) is 4.66. The fraction of sp³-hybridized carbons (Fsp3) is 0.688. The van der Waals surface area contributed by atoms with E-state index in [0.717, 1.165) is 38.3 Å². The highest BCUT2D eigenvalue weighted by Gasteiger charge is 2.28. The molecular weight excluding hydrogens is 250 g/mol. The Morgan fingerprint density at radius 3 is 2.60 bits per heavy atom. The molecule has 0 spiro atoms. The van der Waals surface area contributed by atoms with Gasteiger partial charge in [0.2, 0.25) is 0 Å². The molecule has 4 heteroatoms. The van der Waals surface area contributed by atoms with Crippen LogP contribution in [0.2, 0.25) is 0 Å². The summed E-state index contributed by atoms with van der Waals surface area (Å²) in [5.41, 5.74) is 1.93. The van der Waals surface area contributed by atoms with E-state index < -0.39 is 5.60 Å². The first-order valence-electron chi connectivity index (χ1n) is 7.54. The normalized spacial score (nSPS) is 18.6. The van der Waals surface area contributed by atoms with Gasteiger partial charge in [-0.15, -0.1) is 0 Å². The predicted molar refractivity (Wildman–Crippen MR) is 83.0 cm³/mol. The van der Waals surface area contributed by atoms with Crippen molar-refractivity contribution in [1.29, 1.82) is 0 Å². The van der Waals surface area contributed by atoms with Gasteiger partial charge in [0.15, 0.2) is 0 Å². The Balaban J connectivity index is 2.03. The lowest BCUT2D eigenvalue weighted by atomic mass is 9.93. The largest absolute Gasteiger partial charge is 0.390 e. The molecule has 0 aromatic carbocycles. The summed E-state index contributed by atoms with van der Waals surface area (Å²) in [6.07, 6.45) is 3.58. The molecule has 0 aliphatic carbocycles. The Bertz CT molecular complexity index is 447. The van der Waals surface area contributed by atoms with E-state index in [-0.39, 0.29) is 0 Å². The molecule has 20 heavy (non-hydrogen) atoms. The minimum absolute atomic E-state index is 0.485. The molecule has 4 nitrogen and oxygen atoms in total. The summed E-state index contributed by atoms with van der Waals surface area (Å²) >= 11 is 0. The molecule has 112 valence electrons. The maximum atomic E-state index is 10.0. The van der Waals surface area contributed by atoms with Crippen molar-refractivity contribution >= 4 is 5.82 Å². The van der Waals surface area contributed by atoms with Gasteiger partial charge in [-0.25, -0.2) is 4.98 Å². The number of hydrogen-bond donors (Lipinski definition) is 2. The number of rotatable bonds is 4. The van der Waals surface area contributed by atoms with E-state index in [9.17, 15) is 5.11 Å². The smallest absolute Gasteiger partial charge is 0.131 e. The third-order valence-electron chi connectivity index (χ3n) is 3.96. The molecule has 0 amide bonds. The van der Waals surface area contributed by atoms with Crippen molar-refractivity contribution in [2.24, 2.45) is 0 Å². The lowest BCUT2D eigenvalue weighted by Crippen LogP contribution is -2.43. The van der Waals surface area contributed by atoms with E-state index in [0.29, 0.717) is 6.04 Å². The van der Waals surface area contributed by atoms with Crippen LogP contribution in [0, 0.1) is 6.92 Å². The van der Waals surface area contributed by atoms with Crippen LogP contribution < -0.4 is 10.2 Å². The van der Waals surface area contributed by atoms with Crippen LogP contribution in [-0.4, -0.2) is 34.8 Å². The fourth-order valence-corrected chi connectivity index (χ4v) is 2.58. The molecule has 1 aliphatic rings. The number of aromatic nitrogens is 1. The molecule has 1 aliphatic heterocycles. The van der Waals surface area contributed by atoms with Crippen LogP contribution in [0.25, 0.3) is 0 Å². The molecular formula is C16H27N3O. The third-order valence-corrected chi connectivity index (χ3v) is 3.96. The molecule has 2 heterocycles. The van der Waals surface area contributed by atoms with E-state index in [4.69, 9.17) is 0 Å². The molecule has 0 saturated carbocycles. The highest BCUT2D eigenvalue weighted by molar-refractivity contribution is 5.47. The van der Waals surface area contributed by atoms with Crippen LogP contribution in [0.15, 0.2) is 12.3 Å². The molecule has 0 radical (unpaired) electrons. The van der Waals surface area contributed by atoms with Crippen LogP contribution in [0.4, 0.5) is 5.82 Å². The van der Waals surface area contributed by atoms with Crippen molar-refractivity contribution in [2.75, 3.05) is 18.0 Å². The summed E-state index contributed by atoms with van der Waals surface area (Å²) < 4.78 is 0. The SMILES string of the molecule is Cc1cc(CNC(C)C)cnc1N1CCC(C)(O)CC1. The average molecular weight is 277 g/mol. The van der Waals surface area contributed by atoms with Gasteiger partial charge in [-0.2, -0.15) is 0 Å². The lowest BCUT2D eigenvalue weighted by Gasteiger charge is -2.37. The van der Waals surface area contributed by atoms with Crippen molar-refractivity contribution in [2.45, 2.75) is 58.7 Å². The van der Waals surface area contributed by atoms with Gasteiger partial charge in [0.25, 0.3) is 0 Å². The molecule has 1 saturated heterocycles. The Labute approximate surface area is 122 Å². The number of anilines is 1. The number of piperidine rings is 1. The summed E-state index contributed by atoms with van der Waals surface area (Å²) in [4.78, 5) is 6.92. The van der Waals surface area contributed by atoms with Crippen LogP contribution in [-0.2, 0) is 6.54 Å². The number of hydrogen-bond acceptors (Lipinski definition) is 4. The van der Waals surface area contributed by atoms with Gasteiger partial charge in [0, 0.05) is 31.9 Å². The van der Waals surface area contributed by atoms with Gasteiger partial charge in [-0.1, -0.05) is 13.8 Å². The molecule has 0 unspecified atom stereocenters. The first kappa shape index (κ1) is 15.3. The van der Waals surface area contributed by atoms with Crippen molar-refractivity contribution < 1.29 is 5.11 Å². The van der Waals surface area contributed by atoms with E-state index in [1.54, 1.807) is 0 Å². The summed E-state index contributed by atoms with van der Waals surface area (Å²) in [7, 11) is 0. The number of nitrogens with zero attached hydrogens (tertiary/aromatic N) is 2. The van der Waals surface area contributed by atoms with E-state index in [1.165, 1.54) is 11.1 Å². The maximum Gasteiger partial charge on any atom is 0.131 e. The van der Waals surface area contributed by atoms with Crippen molar-refractivity contribution in [3.05, 3.63) is 23.4 Å². The Morgan fingerprint density at radius 1 is 1.40 bits per heavy atom. The maximum absolute atomic E-state index is 10.0. The lowest BCUT2D eigenvalue weighted by molar-refractivity contribution is 0.0350. The fourth-order valence-electron chi connectivity index (χ4n) is 2.58. The minimum atomic E-state index is -0.508. The molecule has 1 aromatic rings. The monoisotopic (exact) mass is 277 g/mol. The van der Waals surface area contributed by atoms with Crippen LogP contribution in [0.3, 0.4) is 0 Å². The molecule has 2 rings (SSSR count).